The van der Waals surface area contributed by atoms with Crippen molar-refractivity contribution in [3.05, 3.63) is 0 Å². The Bertz CT molecular complexity index is 170. The first-order valence-corrected chi connectivity index (χ1v) is 7.17. The minimum absolute atomic E-state index is 0.556. The summed E-state index contributed by atoms with van der Waals surface area (Å²) < 4.78 is 0. The van der Waals surface area contributed by atoms with Crippen LogP contribution >= 0.6 is 0 Å². The molecule has 0 aromatic rings. The highest BCUT2D eigenvalue weighted by Crippen LogP contribution is 2.30. The van der Waals surface area contributed by atoms with Crippen molar-refractivity contribution in [1.29, 1.82) is 0 Å². The molecule has 1 atom stereocenters. The van der Waals surface area contributed by atoms with Crippen molar-refractivity contribution >= 4 is 0 Å². The van der Waals surface area contributed by atoms with Gasteiger partial charge in [0, 0.05) is 13.1 Å². The Hall–Kier alpha value is -0.0800. The molecular formula is C14H30N2. The molecule has 1 aliphatic heterocycles. The van der Waals surface area contributed by atoms with Crippen LogP contribution in [0.1, 0.15) is 52.9 Å². The molecule has 2 heteroatoms. The Balaban J connectivity index is 2.27. The second kappa shape index (κ2) is 7.29. The molecule has 2 nitrogen and oxygen atoms in total. The molecule has 1 saturated heterocycles. The van der Waals surface area contributed by atoms with E-state index in [-0.39, 0.29) is 0 Å². The van der Waals surface area contributed by atoms with Gasteiger partial charge in [-0.1, -0.05) is 40.0 Å². The Kier molecular flexibility index (Phi) is 6.37. The lowest BCUT2D eigenvalue weighted by Gasteiger charge is -2.29. The van der Waals surface area contributed by atoms with Crippen molar-refractivity contribution in [2.45, 2.75) is 52.9 Å². The van der Waals surface area contributed by atoms with Crippen molar-refractivity contribution in [3.8, 4) is 0 Å². The summed E-state index contributed by atoms with van der Waals surface area (Å²) in [6.45, 7) is 11.8. The van der Waals surface area contributed by atoms with Crippen LogP contribution in [0.15, 0.2) is 0 Å². The molecule has 0 radical (unpaired) electrons. The minimum atomic E-state index is 0.556. The molecule has 0 saturated carbocycles. The van der Waals surface area contributed by atoms with Gasteiger partial charge in [-0.2, -0.15) is 0 Å². The molecule has 0 amide bonds. The molecule has 0 aromatic heterocycles. The van der Waals surface area contributed by atoms with Crippen LogP contribution in [-0.2, 0) is 0 Å². The fourth-order valence-electron chi connectivity index (χ4n) is 2.90. The van der Waals surface area contributed by atoms with E-state index >= 15 is 0 Å². The molecular weight excluding hydrogens is 196 g/mol. The smallest absolute Gasteiger partial charge is 0.00206 e. The predicted octanol–water partition coefficient (Wildman–Crippen LogP) is 2.79. The number of rotatable bonds is 8. The first-order chi connectivity index (χ1) is 7.76. The Morgan fingerprint density at radius 1 is 1.25 bits per heavy atom. The summed E-state index contributed by atoms with van der Waals surface area (Å²) in [6, 6.07) is 0. The van der Waals surface area contributed by atoms with Gasteiger partial charge in [-0.25, -0.2) is 0 Å². The molecule has 1 unspecified atom stereocenters. The summed E-state index contributed by atoms with van der Waals surface area (Å²) >= 11 is 0. The lowest BCUT2D eigenvalue weighted by atomic mass is 9.82. The third-order valence-corrected chi connectivity index (χ3v) is 4.20. The first kappa shape index (κ1) is 14.0. The fourth-order valence-corrected chi connectivity index (χ4v) is 2.90. The zero-order valence-electron chi connectivity index (χ0n) is 11.4. The van der Waals surface area contributed by atoms with Crippen molar-refractivity contribution in [3.63, 3.8) is 0 Å². The van der Waals surface area contributed by atoms with Crippen LogP contribution in [0.2, 0.25) is 0 Å². The third-order valence-electron chi connectivity index (χ3n) is 4.20. The molecule has 1 aliphatic rings. The van der Waals surface area contributed by atoms with Crippen molar-refractivity contribution < 1.29 is 0 Å². The minimum Gasteiger partial charge on any atom is -0.316 e. The van der Waals surface area contributed by atoms with E-state index in [0.29, 0.717) is 5.41 Å². The van der Waals surface area contributed by atoms with Gasteiger partial charge < -0.3 is 10.6 Å². The molecule has 16 heavy (non-hydrogen) atoms. The topological polar surface area (TPSA) is 24.1 Å². The van der Waals surface area contributed by atoms with E-state index < -0.39 is 0 Å². The van der Waals surface area contributed by atoms with E-state index in [2.05, 4.69) is 31.4 Å². The molecule has 2 N–H and O–H groups in total. The fraction of sp³-hybridized carbons (Fsp3) is 1.00. The zero-order valence-corrected chi connectivity index (χ0v) is 11.4. The first-order valence-electron chi connectivity index (χ1n) is 7.17. The molecule has 0 aliphatic carbocycles. The summed E-state index contributed by atoms with van der Waals surface area (Å²) in [5, 5.41) is 7.24. The van der Waals surface area contributed by atoms with Gasteiger partial charge in [0.1, 0.15) is 0 Å². The molecule has 1 fully saturated rings. The molecule has 0 aromatic carbocycles. The molecule has 1 rings (SSSR count). The van der Waals surface area contributed by atoms with E-state index in [9.17, 15) is 0 Å². The average Bonchev–Trinajstić information content (AvgIpc) is 2.74. The third kappa shape index (κ3) is 4.06. The largest absolute Gasteiger partial charge is 0.316 e. The average molecular weight is 226 g/mol. The van der Waals surface area contributed by atoms with Crippen molar-refractivity contribution in [2.75, 3.05) is 26.2 Å². The maximum atomic E-state index is 3.71. The van der Waals surface area contributed by atoms with Crippen LogP contribution in [0, 0.1) is 11.3 Å². The summed E-state index contributed by atoms with van der Waals surface area (Å²) in [7, 11) is 0. The molecule has 0 bridgehead atoms. The van der Waals surface area contributed by atoms with E-state index in [1.165, 1.54) is 58.3 Å². The highest BCUT2D eigenvalue weighted by Gasteiger charge is 2.32. The van der Waals surface area contributed by atoms with E-state index in [0.717, 1.165) is 5.92 Å². The van der Waals surface area contributed by atoms with Gasteiger partial charge in [-0.15, -0.1) is 0 Å². The zero-order chi connectivity index (χ0) is 11.9. The lowest BCUT2D eigenvalue weighted by Crippen LogP contribution is -2.38. The summed E-state index contributed by atoms with van der Waals surface area (Å²) in [5.74, 6) is 0.869. The van der Waals surface area contributed by atoms with E-state index in [4.69, 9.17) is 0 Å². The van der Waals surface area contributed by atoms with Crippen LogP contribution < -0.4 is 10.6 Å². The van der Waals surface area contributed by atoms with E-state index in [1.807, 2.05) is 0 Å². The van der Waals surface area contributed by atoms with Crippen LogP contribution in [0.5, 0.6) is 0 Å². The Morgan fingerprint density at radius 2 is 2.00 bits per heavy atom. The monoisotopic (exact) mass is 226 g/mol. The van der Waals surface area contributed by atoms with Crippen LogP contribution in [0.3, 0.4) is 0 Å². The number of hydrogen-bond acceptors (Lipinski definition) is 2. The van der Waals surface area contributed by atoms with Gasteiger partial charge in [0.05, 0.1) is 0 Å². The summed E-state index contributed by atoms with van der Waals surface area (Å²) in [5.41, 5.74) is 0.556. The normalized spacial score (nSPS) is 25.5. The second-order valence-corrected chi connectivity index (χ2v) is 5.49. The summed E-state index contributed by atoms with van der Waals surface area (Å²) in [4.78, 5) is 0. The Morgan fingerprint density at radius 3 is 2.50 bits per heavy atom. The summed E-state index contributed by atoms with van der Waals surface area (Å²) in [6.07, 6.45) is 6.66. The predicted molar refractivity (Wildman–Crippen MR) is 71.8 cm³/mol. The van der Waals surface area contributed by atoms with Crippen LogP contribution in [0.4, 0.5) is 0 Å². The maximum absolute atomic E-state index is 3.71. The second-order valence-electron chi connectivity index (χ2n) is 5.49. The highest BCUT2D eigenvalue weighted by molar-refractivity contribution is 4.89. The standard InChI is InChI=1S/C14H30N2/c1-4-7-14(8-9-15-11-14)12-16-10-13(5-2)6-3/h13,15-16H,4-12H2,1-3H3. The van der Waals surface area contributed by atoms with Crippen LogP contribution in [-0.4, -0.2) is 26.2 Å². The number of nitrogens with one attached hydrogen (secondary N) is 2. The quantitative estimate of drug-likeness (QED) is 0.665. The van der Waals surface area contributed by atoms with Crippen molar-refractivity contribution in [2.24, 2.45) is 11.3 Å². The molecule has 96 valence electrons. The van der Waals surface area contributed by atoms with Crippen LogP contribution in [0.25, 0.3) is 0 Å². The highest BCUT2D eigenvalue weighted by atomic mass is 15.0. The van der Waals surface area contributed by atoms with E-state index in [1.54, 1.807) is 0 Å². The van der Waals surface area contributed by atoms with Gasteiger partial charge in [0.2, 0.25) is 0 Å². The van der Waals surface area contributed by atoms with Gasteiger partial charge in [-0.3, -0.25) is 0 Å². The number of hydrogen-bond donors (Lipinski definition) is 2. The van der Waals surface area contributed by atoms with Gasteiger partial charge >= 0.3 is 0 Å². The van der Waals surface area contributed by atoms with Gasteiger partial charge in [0.25, 0.3) is 0 Å². The lowest BCUT2D eigenvalue weighted by molar-refractivity contribution is 0.267. The van der Waals surface area contributed by atoms with Gasteiger partial charge in [0.15, 0.2) is 0 Å². The van der Waals surface area contributed by atoms with Gasteiger partial charge in [-0.05, 0) is 37.3 Å². The maximum Gasteiger partial charge on any atom is 0.00206 e. The molecule has 0 spiro atoms. The Labute approximate surface area is 102 Å². The van der Waals surface area contributed by atoms with Crippen molar-refractivity contribution in [1.82, 2.24) is 10.6 Å². The molecule has 1 heterocycles. The SMILES string of the molecule is CCCC1(CNCC(CC)CC)CCNC1.